The molecular formula is C22H33N3O4S. The standard InChI is InChI=1S/C22H33N3O4S/c1-2-12-30-22-18(21(29)23-16-5-7-17(26)8-6-16)9-10-19(24-22)25-11-3-4-15(14-25)13-20(27)28/h9-10,15-17,26H,2-8,11-14H2,1H3,(H,23,29)(H,27,28)/t15-,16?,17?/m0/s1. The Morgan fingerprint density at radius 1 is 1.23 bits per heavy atom. The number of pyridine rings is 1. The van der Waals surface area contributed by atoms with Crippen molar-refractivity contribution in [2.75, 3.05) is 23.7 Å². The van der Waals surface area contributed by atoms with Gasteiger partial charge in [0.2, 0.25) is 0 Å². The molecule has 1 aromatic rings. The number of carboxylic acids is 1. The van der Waals surface area contributed by atoms with Crippen LogP contribution < -0.4 is 10.2 Å². The van der Waals surface area contributed by atoms with Crippen molar-refractivity contribution in [1.82, 2.24) is 10.3 Å². The van der Waals surface area contributed by atoms with E-state index in [4.69, 9.17) is 10.1 Å². The summed E-state index contributed by atoms with van der Waals surface area (Å²) in [4.78, 5) is 31.0. The Morgan fingerprint density at radius 3 is 2.70 bits per heavy atom. The van der Waals surface area contributed by atoms with Gasteiger partial charge < -0.3 is 20.4 Å². The fraction of sp³-hybridized carbons (Fsp3) is 0.682. The molecule has 7 nitrogen and oxygen atoms in total. The molecule has 0 aromatic carbocycles. The van der Waals surface area contributed by atoms with E-state index < -0.39 is 5.97 Å². The Hall–Kier alpha value is -1.80. The average Bonchev–Trinajstić information content (AvgIpc) is 2.73. The molecule has 1 aliphatic heterocycles. The van der Waals surface area contributed by atoms with Crippen LogP contribution in [0, 0.1) is 5.92 Å². The van der Waals surface area contributed by atoms with E-state index in [1.54, 1.807) is 11.8 Å². The fourth-order valence-corrected chi connectivity index (χ4v) is 5.13. The van der Waals surface area contributed by atoms with E-state index in [2.05, 4.69) is 17.1 Å². The second-order valence-electron chi connectivity index (χ2n) is 8.40. The number of amides is 1. The highest BCUT2D eigenvalue weighted by Crippen LogP contribution is 2.29. The maximum atomic E-state index is 12.9. The first kappa shape index (κ1) is 22.9. The number of carbonyl (C=O) groups is 2. The highest BCUT2D eigenvalue weighted by atomic mass is 32.2. The van der Waals surface area contributed by atoms with Crippen LogP contribution in [-0.2, 0) is 4.79 Å². The lowest BCUT2D eigenvalue weighted by atomic mass is 9.93. The van der Waals surface area contributed by atoms with E-state index in [1.807, 2.05) is 12.1 Å². The van der Waals surface area contributed by atoms with Crippen molar-refractivity contribution >= 4 is 29.5 Å². The summed E-state index contributed by atoms with van der Waals surface area (Å²) in [5, 5.41) is 22.6. The number of nitrogens with zero attached hydrogens (tertiary/aromatic N) is 2. The molecule has 3 N–H and O–H groups in total. The monoisotopic (exact) mass is 435 g/mol. The number of hydrogen-bond acceptors (Lipinski definition) is 6. The Bertz CT molecular complexity index is 737. The second kappa shape index (κ2) is 11.0. The SMILES string of the molecule is CCCSc1nc(N2CCC[C@@H](CC(=O)O)C2)ccc1C(=O)NC1CCC(O)CC1. The summed E-state index contributed by atoms with van der Waals surface area (Å²) in [6, 6.07) is 3.84. The highest BCUT2D eigenvalue weighted by Gasteiger charge is 2.26. The zero-order chi connectivity index (χ0) is 21.5. The molecule has 1 aliphatic carbocycles. The fourth-order valence-electron chi connectivity index (χ4n) is 4.26. The van der Waals surface area contributed by atoms with E-state index in [0.717, 1.165) is 68.1 Å². The van der Waals surface area contributed by atoms with Crippen LogP contribution in [0.1, 0.15) is 68.6 Å². The number of aliphatic carboxylic acids is 1. The van der Waals surface area contributed by atoms with Gasteiger partial charge in [-0.25, -0.2) is 4.98 Å². The third-order valence-electron chi connectivity index (χ3n) is 5.87. The molecule has 2 aliphatic rings. The van der Waals surface area contributed by atoms with E-state index in [1.165, 1.54) is 0 Å². The summed E-state index contributed by atoms with van der Waals surface area (Å²) in [7, 11) is 0. The minimum Gasteiger partial charge on any atom is -0.481 e. The zero-order valence-electron chi connectivity index (χ0n) is 17.7. The van der Waals surface area contributed by atoms with E-state index in [9.17, 15) is 14.7 Å². The predicted octanol–water partition coefficient (Wildman–Crippen LogP) is 3.31. The Labute approximate surface area is 182 Å². The molecule has 8 heteroatoms. The zero-order valence-corrected chi connectivity index (χ0v) is 18.5. The maximum Gasteiger partial charge on any atom is 0.303 e. The molecule has 3 rings (SSSR count). The van der Waals surface area contributed by atoms with Crippen LogP contribution in [0.5, 0.6) is 0 Å². The van der Waals surface area contributed by atoms with Crippen LogP contribution in [0.3, 0.4) is 0 Å². The molecular weight excluding hydrogens is 402 g/mol. The van der Waals surface area contributed by atoms with Gasteiger partial charge in [0.1, 0.15) is 10.8 Å². The Kier molecular flexibility index (Phi) is 8.39. The topological polar surface area (TPSA) is 103 Å². The molecule has 0 bridgehead atoms. The number of rotatable bonds is 8. The number of thioether (sulfide) groups is 1. The van der Waals surface area contributed by atoms with Crippen LogP contribution in [0.4, 0.5) is 5.82 Å². The van der Waals surface area contributed by atoms with Gasteiger partial charge in [0.05, 0.1) is 11.7 Å². The number of carbonyl (C=O) groups excluding carboxylic acids is 1. The number of anilines is 1. The summed E-state index contributed by atoms with van der Waals surface area (Å²) in [5.74, 6) is 0.983. The van der Waals surface area contributed by atoms with Crippen molar-refractivity contribution in [3.8, 4) is 0 Å². The smallest absolute Gasteiger partial charge is 0.303 e. The first-order valence-corrected chi connectivity index (χ1v) is 12.0. The molecule has 1 amide bonds. The molecule has 1 atom stereocenters. The summed E-state index contributed by atoms with van der Waals surface area (Å²) < 4.78 is 0. The quantitative estimate of drug-likeness (QED) is 0.538. The lowest BCUT2D eigenvalue weighted by Gasteiger charge is -2.33. The number of nitrogens with one attached hydrogen (secondary N) is 1. The van der Waals surface area contributed by atoms with Gasteiger partial charge in [0.25, 0.3) is 5.91 Å². The van der Waals surface area contributed by atoms with Gasteiger partial charge in [-0.2, -0.15) is 0 Å². The van der Waals surface area contributed by atoms with Crippen LogP contribution >= 0.6 is 11.8 Å². The summed E-state index contributed by atoms with van der Waals surface area (Å²) >= 11 is 1.59. The van der Waals surface area contributed by atoms with E-state index in [-0.39, 0.29) is 30.4 Å². The van der Waals surface area contributed by atoms with E-state index >= 15 is 0 Å². The second-order valence-corrected chi connectivity index (χ2v) is 9.49. The van der Waals surface area contributed by atoms with Gasteiger partial charge >= 0.3 is 5.97 Å². The minimum atomic E-state index is -0.753. The lowest BCUT2D eigenvalue weighted by Crippen LogP contribution is -2.39. The molecule has 0 spiro atoms. The molecule has 0 unspecified atom stereocenters. The van der Waals surface area contributed by atoms with Gasteiger partial charge in [-0.3, -0.25) is 9.59 Å². The summed E-state index contributed by atoms with van der Waals surface area (Å²) in [5.41, 5.74) is 0.599. The number of aromatic nitrogens is 1. The highest BCUT2D eigenvalue weighted by molar-refractivity contribution is 7.99. The Balaban J connectivity index is 1.72. The number of aliphatic hydroxyl groups is 1. The molecule has 1 saturated carbocycles. The van der Waals surface area contributed by atoms with Gasteiger partial charge in [0, 0.05) is 25.6 Å². The van der Waals surface area contributed by atoms with Crippen molar-refractivity contribution in [2.24, 2.45) is 5.92 Å². The van der Waals surface area contributed by atoms with Crippen molar-refractivity contribution in [3.63, 3.8) is 0 Å². The van der Waals surface area contributed by atoms with Crippen molar-refractivity contribution in [2.45, 2.75) is 75.5 Å². The average molecular weight is 436 g/mol. The van der Waals surface area contributed by atoms with E-state index in [0.29, 0.717) is 12.1 Å². The maximum absolute atomic E-state index is 12.9. The normalized spacial score (nSPS) is 24.5. The molecule has 1 saturated heterocycles. The Morgan fingerprint density at radius 2 is 2.00 bits per heavy atom. The number of piperidine rings is 1. The lowest BCUT2D eigenvalue weighted by molar-refractivity contribution is -0.138. The van der Waals surface area contributed by atoms with Crippen LogP contribution in [0.25, 0.3) is 0 Å². The number of hydrogen-bond donors (Lipinski definition) is 3. The number of carboxylic acid groups (broad SMARTS) is 1. The predicted molar refractivity (Wildman–Crippen MR) is 118 cm³/mol. The minimum absolute atomic E-state index is 0.100. The summed E-state index contributed by atoms with van der Waals surface area (Å²) in [6.07, 6.45) is 5.86. The van der Waals surface area contributed by atoms with Crippen molar-refractivity contribution in [3.05, 3.63) is 17.7 Å². The summed E-state index contributed by atoms with van der Waals surface area (Å²) in [6.45, 7) is 3.65. The van der Waals surface area contributed by atoms with Crippen LogP contribution in [-0.4, -0.2) is 58.1 Å². The molecule has 2 heterocycles. The van der Waals surface area contributed by atoms with Gasteiger partial charge in [-0.15, -0.1) is 11.8 Å². The van der Waals surface area contributed by atoms with Gasteiger partial charge in [-0.05, 0) is 68.7 Å². The third kappa shape index (κ3) is 6.35. The molecule has 30 heavy (non-hydrogen) atoms. The van der Waals surface area contributed by atoms with Crippen LogP contribution in [0.15, 0.2) is 17.2 Å². The van der Waals surface area contributed by atoms with Gasteiger partial charge in [-0.1, -0.05) is 6.92 Å². The third-order valence-corrected chi connectivity index (χ3v) is 7.07. The first-order valence-electron chi connectivity index (χ1n) is 11.1. The molecule has 0 radical (unpaired) electrons. The first-order chi connectivity index (χ1) is 14.5. The van der Waals surface area contributed by atoms with Crippen molar-refractivity contribution in [1.29, 1.82) is 0 Å². The largest absolute Gasteiger partial charge is 0.481 e. The molecule has 166 valence electrons. The molecule has 2 fully saturated rings. The van der Waals surface area contributed by atoms with Gasteiger partial charge in [0.15, 0.2) is 0 Å². The van der Waals surface area contributed by atoms with Crippen LogP contribution in [0.2, 0.25) is 0 Å². The molecule has 1 aromatic heterocycles. The number of aliphatic hydroxyl groups excluding tert-OH is 1. The van der Waals surface area contributed by atoms with Crippen molar-refractivity contribution < 1.29 is 19.8 Å².